The zero-order valence-corrected chi connectivity index (χ0v) is 27.1. The van der Waals surface area contributed by atoms with E-state index >= 15 is 0 Å². The highest BCUT2D eigenvalue weighted by molar-refractivity contribution is 5.81. The Morgan fingerprint density at radius 2 is 0.545 bits per heavy atom. The Morgan fingerprint density at radius 3 is 0.773 bits per heavy atom. The Labute approximate surface area is 266 Å². The predicted molar refractivity (Wildman–Crippen MR) is 192 cm³/mol. The molecule has 0 aliphatic carbocycles. The minimum atomic E-state index is 1.04. The van der Waals surface area contributed by atoms with E-state index in [0.717, 1.165) is 37.1 Å². The summed E-state index contributed by atoms with van der Waals surface area (Å²) in [5.41, 5.74) is 12.5. The highest BCUT2D eigenvalue weighted by Crippen LogP contribution is 2.39. The van der Waals surface area contributed by atoms with Gasteiger partial charge in [-0.25, -0.2) is 0 Å². The average Bonchev–Trinajstić information content (AvgIpc) is 3.09. The number of nitrogens with zero attached hydrogens (tertiary/aromatic N) is 2. The van der Waals surface area contributed by atoms with Crippen LogP contribution in [0.2, 0.25) is 0 Å². The summed E-state index contributed by atoms with van der Waals surface area (Å²) in [7, 11) is 0. The molecule has 0 amide bonds. The van der Waals surface area contributed by atoms with E-state index in [-0.39, 0.29) is 0 Å². The fourth-order valence-electron chi connectivity index (χ4n) is 5.79. The van der Waals surface area contributed by atoms with Crippen molar-refractivity contribution in [1.82, 2.24) is 0 Å². The van der Waals surface area contributed by atoms with E-state index in [1.165, 1.54) is 70.7 Å². The van der Waals surface area contributed by atoms with Crippen molar-refractivity contribution in [2.45, 2.75) is 79.1 Å². The summed E-state index contributed by atoms with van der Waals surface area (Å²) in [5.74, 6) is 0. The van der Waals surface area contributed by atoms with Crippen LogP contribution in [0.1, 0.15) is 75.6 Å². The molecule has 0 aliphatic heterocycles. The molecule has 0 bridgehead atoms. The Hall–Kier alpha value is -4.30. The normalized spacial score (nSPS) is 11.0. The van der Waals surface area contributed by atoms with Gasteiger partial charge in [0.15, 0.2) is 0 Å². The molecule has 5 aromatic carbocycles. The topological polar surface area (TPSA) is 6.48 Å². The van der Waals surface area contributed by atoms with E-state index in [1.54, 1.807) is 0 Å². The highest BCUT2D eigenvalue weighted by Gasteiger charge is 2.16. The van der Waals surface area contributed by atoms with Gasteiger partial charge in [-0.15, -0.1) is 0 Å². The van der Waals surface area contributed by atoms with Crippen LogP contribution in [0, 0.1) is 0 Å². The summed E-state index contributed by atoms with van der Waals surface area (Å²) in [6.45, 7) is 8.93. The third kappa shape index (κ3) is 7.61. The van der Waals surface area contributed by atoms with Crippen LogP contribution < -0.4 is 9.80 Å². The molecular formula is C42H48N2. The van der Waals surface area contributed by atoms with E-state index in [4.69, 9.17) is 0 Å². The van der Waals surface area contributed by atoms with Crippen molar-refractivity contribution in [2.24, 2.45) is 0 Å². The van der Waals surface area contributed by atoms with Gasteiger partial charge in [-0.05, 0) is 134 Å². The van der Waals surface area contributed by atoms with Crippen molar-refractivity contribution in [3.8, 4) is 0 Å². The maximum absolute atomic E-state index is 2.37. The summed E-state index contributed by atoms with van der Waals surface area (Å²) in [4.78, 5) is 4.74. The van der Waals surface area contributed by atoms with Gasteiger partial charge in [0.1, 0.15) is 0 Å². The molecule has 5 aromatic rings. The molecule has 0 saturated carbocycles. The van der Waals surface area contributed by atoms with Crippen molar-refractivity contribution in [3.05, 3.63) is 144 Å². The summed E-state index contributed by atoms with van der Waals surface area (Å²) in [6.07, 6.45) is 9.21. The highest BCUT2D eigenvalue weighted by atomic mass is 15.2. The lowest BCUT2D eigenvalue weighted by Crippen LogP contribution is -2.12. The van der Waals surface area contributed by atoms with Gasteiger partial charge in [0.2, 0.25) is 0 Å². The molecule has 0 fully saturated rings. The second-order valence-electron chi connectivity index (χ2n) is 11.8. The largest absolute Gasteiger partial charge is 0.311 e. The lowest BCUT2D eigenvalue weighted by atomic mass is 10.1. The number of aryl methyl sites for hydroxylation is 4. The molecular weight excluding hydrogens is 532 g/mol. The second kappa shape index (κ2) is 15.4. The maximum Gasteiger partial charge on any atom is 0.0463 e. The molecule has 2 heteroatoms. The zero-order chi connectivity index (χ0) is 30.7. The maximum atomic E-state index is 2.37. The van der Waals surface area contributed by atoms with Crippen molar-refractivity contribution < 1.29 is 0 Å². The van der Waals surface area contributed by atoms with Crippen LogP contribution in [0.4, 0.5) is 34.1 Å². The quantitative estimate of drug-likeness (QED) is 0.129. The van der Waals surface area contributed by atoms with Crippen LogP contribution in [0.15, 0.2) is 121 Å². The van der Waals surface area contributed by atoms with Gasteiger partial charge in [-0.1, -0.05) is 89.1 Å². The summed E-state index contributed by atoms with van der Waals surface area (Å²) < 4.78 is 0. The third-order valence-electron chi connectivity index (χ3n) is 8.60. The van der Waals surface area contributed by atoms with Gasteiger partial charge >= 0.3 is 0 Å². The molecule has 2 nitrogen and oxygen atoms in total. The molecule has 0 aliphatic rings. The Bertz CT molecular complexity index is 1430. The first-order chi connectivity index (χ1) is 21.6. The predicted octanol–water partition coefficient (Wildman–Crippen LogP) is 12.4. The molecule has 0 aromatic heterocycles. The number of anilines is 6. The van der Waals surface area contributed by atoms with Crippen LogP contribution in [-0.4, -0.2) is 0 Å². The minimum absolute atomic E-state index is 1.04. The number of benzene rings is 5. The average molecular weight is 581 g/mol. The van der Waals surface area contributed by atoms with E-state index in [0.29, 0.717) is 0 Å². The SMILES string of the molecule is CCCCc1ccc(N(c2ccc(CC)cc2)c2ccc(N(c3ccc(CC)cc3)c3ccc(CCCC)cc3)cc2)cc1. The van der Waals surface area contributed by atoms with Gasteiger partial charge in [0, 0.05) is 34.1 Å². The van der Waals surface area contributed by atoms with Crippen molar-refractivity contribution in [2.75, 3.05) is 9.80 Å². The summed E-state index contributed by atoms with van der Waals surface area (Å²) in [5, 5.41) is 0. The first-order valence-electron chi connectivity index (χ1n) is 16.7. The molecule has 0 radical (unpaired) electrons. The zero-order valence-electron chi connectivity index (χ0n) is 27.1. The van der Waals surface area contributed by atoms with Crippen LogP contribution in [0.25, 0.3) is 0 Å². The number of unbranched alkanes of at least 4 members (excludes halogenated alkanes) is 2. The summed E-state index contributed by atoms with van der Waals surface area (Å²) >= 11 is 0. The van der Waals surface area contributed by atoms with Crippen LogP contribution in [0.5, 0.6) is 0 Å². The molecule has 226 valence electrons. The van der Waals surface area contributed by atoms with Crippen LogP contribution in [0.3, 0.4) is 0 Å². The van der Waals surface area contributed by atoms with Gasteiger partial charge in [-0.3, -0.25) is 0 Å². The van der Waals surface area contributed by atoms with E-state index in [2.05, 4.69) is 159 Å². The fraction of sp³-hybridized carbons (Fsp3) is 0.286. The molecule has 44 heavy (non-hydrogen) atoms. The van der Waals surface area contributed by atoms with Crippen molar-refractivity contribution >= 4 is 34.1 Å². The molecule has 0 saturated heterocycles. The lowest BCUT2D eigenvalue weighted by Gasteiger charge is -2.28. The fourth-order valence-corrected chi connectivity index (χ4v) is 5.79. The second-order valence-corrected chi connectivity index (χ2v) is 11.8. The third-order valence-corrected chi connectivity index (χ3v) is 8.60. The first kappa shape index (κ1) is 31.1. The Balaban J connectivity index is 1.52. The van der Waals surface area contributed by atoms with Crippen molar-refractivity contribution in [1.29, 1.82) is 0 Å². The number of hydrogen-bond acceptors (Lipinski definition) is 2. The Kier molecular flexibility index (Phi) is 10.9. The standard InChI is InChI=1S/C42H48N2/c1-5-9-11-35-17-25-39(26-18-35)43(37-21-13-33(7-3)14-22-37)41-29-31-42(32-30-41)44(38-23-15-34(8-4)16-24-38)40-27-19-36(20-28-40)12-10-6-2/h13-32H,5-12H2,1-4H3. The monoisotopic (exact) mass is 580 g/mol. The number of rotatable bonds is 14. The molecule has 0 atom stereocenters. The smallest absolute Gasteiger partial charge is 0.0463 e. The van der Waals surface area contributed by atoms with E-state index in [1.807, 2.05) is 0 Å². The van der Waals surface area contributed by atoms with Crippen LogP contribution >= 0.6 is 0 Å². The van der Waals surface area contributed by atoms with E-state index in [9.17, 15) is 0 Å². The molecule has 0 N–H and O–H groups in total. The van der Waals surface area contributed by atoms with Crippen molar-refractivity contribution in [3.63, 3.8) is 0 Å². The van der Waals surface area contributed by atoms with Gasteiger partial charge in [-0.2, -0.15) is 0 Å². The van der Waals surface area contributed by atoms with E-state index < -0.39 is 0 Å². The van der Waals surface area contributed by atoms with Gasteiger partial charge < -0.3 is 9.80 Å². The molecule has 0 spiro atoms. The first-order valence-corrected chi connectivity index (χ1v) is 16.7. The molecule has 5 rings (SSSR count). The minimum Gasteiger partial charge on any atom is -0.311 e. The van der Waals surface area contributed by atoms with Gasteiger partial charge in [0.25, 0.3) is 0 Å². The Morgan fingerprint density at radius 1 is 0.318 bits per heavy atom. The summed E-state index contributed by atoms with van der Waals surface area (Å²) in [6, 6.07) is 45.3. The van der Waals surface area contributed by atoms with Gasteiger partial charge in [0.05, 0.1) is 0 Å². The number of hydrogen-bond donors (Lipinski definition) is 0. The lowest BCUT2D eigenvalue weighted by molar-refractivity contribution is 0.795. The van der Waals surface area contributed by atoms with Crippen LogP contribution in [-0.2, 0) is 25.7 Å². The molecule has 0 unspecified atom stereocenters. The molecule has 0 heterocycles.